The molecule has 3 rings (SSSR count). The molecule has 3 aromatic rings. The predicted octanol–water partition coefficient (Wildman–Crippen LogP) is 2.67. The molecule has 0 spiro atoms. The second-order valence-electron chi connectivity index (χ2n) is 3.75. The Labute approximate surface area is 107 Å². The Morgan fingerprint density at radius 3 is 2.83 bits per heavy atom. The van der Waals surface area contributed by atoms with Gasteiger partial charge in [-0.15, -0.1) is 21.8 Å². The van der Waals surface area contributed by atoms with Gasteiger partial charge in [-0.2, -0.15) is 9.61 Å². The van der Waals surface area contributed by atoms with Crippen molar-refractivity contribution in [2.24, 2.45) is 0 Å². The summed E-state index contributed by atoms with van der Waals surface area (Å²) < 4.78 is 14.7. The first kappa shape index (κ1) is 11.1. The Morgan fingerprint density at radius 2 is 2.06 bits per heavy atom. The molecule has 0 unspecified atom stereocenters. The Morgan fingerprint density at radius 1 is 1.17 bits per heavy atom. The molecule has 0 aliphatic carbocycles. The van der Waals surface area contributed by atoms with E-state index in [1.165, 1.54) is 12.1 Å². The van der Waals surface area contributed by atoms with Gasteiger partial charge < -0.3 is 0 Å². The number of halogens is 2. The lowest BCUT2D eigenvalue weighted by atomic mass is 10.1. The van der Waals surface area contributed by atoms with Crippen LogP contribution in [0.3, 0.4) is 0 Å². The number of aromatic nitrogens is 4. The van der Waals surface area contributed by atoms with Crippen LogP contribution in [-0.4, -0.2) is 19.8 Å². The maximum atomic E-state index is 13.2. The van der Waals surface area contributed by atoms with Crippen LogP contribution < -0.4 is 0 Å². The maximum Gasteiger partial charge on any atom is 0.177 e. The summed E-state index contributed by atoms with van der Waals surface area (Å²) in [7, 11) is 0. The smallest absolute Gasteiger partial charge is 0.177 e. The average molecular weight is 263 g/mol. The summed E-state index contributed by atoms with van der Waals surface area (Å²) in [6, 6.07) is 9.81. The van der Waals surface area contributed by atoms with Crippen LogP contribution >= 0.6 is 11.6 Å². The fraction of sp³-hybridized carbons (Fsp3) is 0.0833. The number of benzene rings is 1. The quantitative estimate of drug-likeness (QED) is 0.667. The summed E-state index contributed by atoms with van der Waals surface area (Å²) in [5.41, 5.74) is 1.96. The number of rotatable bonds is 2. The van der Waals surface area contributed by atoms with E-state index in [0.717, 1.165) is 0 Å². The highest BCUT2D eigenvalue weighted by Crippen LogP contribution is 2.18. The fourth-order valence-electron chi connectivity index (χ4n) is 1.72. The van der Waals surface area contributed by atoms with Gasteiger partial charge in [-0.05, 0) is 24.3 Å². The molecule has 2 aromatic heterocycles. The molecule has 6 heteroatoms. The van der Waals surface area contributed by atoms with E-state index in [0.29, 0.717) is 22.7 Å². The highest BCUT2D eigenvalue weighted by Gasteiger charge is 2.07. The number of hydrogen-bond acceptors (Lipinski definition) is 3. The van der Waals surface area contributed by atoms with Gasteiger partial charge in [0.05, 0.1) is 11.6 Å². The second-order valence-corrected chi connectivity index (χ2v) is 4.02. The molecule has 90 valence electrons. The zero-order valence-corrected chi connectivity index (χ0v) is 9.97. The third kappa shape index (κ3) is 1.82. The molecule has 0 radical (unpaired) electrons. The van der Waals surface area contributed by atoms with Crippen molar-refractivity contribution in [3.8, 4) is 11.3 Å². The zero-order chi connectivity index (χ0) is 12.5. The summed E-state index contributed by atoms with van der Waals surface area (Å²) in [4.78, 5) is 0. The first-order valence-electron chi connectivity index (χ1n) is 5.31. The van der Waals surface area contributed by atoms with Crippen molar-refractivity contribution in [3.63, 3.8) is 0 Å². The SMILES string of the molecule is Fc1cccc(-c2ccc3nnc(CCl)n3n2)c1. The molecule has 0 bridgehead atoms. The maximum absolute atomic E-state index is 13.2. The van der Waals surface area contributed by atoms with E-state index in [-0.39, 0.29) is 11.7 Å². The van der Waals surface area contributed by atoms with Gasteiger partial charge in [0.25, 0.3) is 0 Å². The van der Waals surface area contributed by atoms with Crippen molar-refractivity contribution in [2.45, 2.75) is 5.88 Å². The average Bonchev–Trinajstić information content (AvgIpc) is 2.80. The molecule has 0 N–H and O–H groups in total. The van der Waals surface area contributed by atoms with Gasteiger partial charge in [0, 0.05) is 5.56 Å². The van der Waals surface area contributed by atoms with Crippen molar-refractivity contribution in [3.05, 3.63) is 48.0 Å². The van der Waals surface area contributed by atoms with E-state index in [1.807, 2.05) is 0 Å². The van der Waals surface area contributed by atoms with Crippen LogP contribution in [-0.2, 0) is 5.88 Å². The van der Waals surface area contributed by atoms with Crippen LogP contribution in [0.2, 0.25) is 0 Å². The number of fused-ring (bicyclic) bond motifs is 1. The minimum Gasteiger partial charge on any atom is -0.207 e. The summed E-state index contributed by atoms with van der Waals surface area (Å²) in [5, 5.41) is 12.2. The standard InChI is InChI=1S/C12H8ClFN4/c13-7-12-16-15-11-5-4-10(17-18(11)12)8-2-1-3-9(14)6-8/h1-6H,7H2. The van der Waals surface area contributed by atoms with Gasteiger partial charge in [0.15, 0.2) is 11.5 Å². The molecule has 0 aliphatic heterocycles. The topological polar surface area (TPSA) is 43.1 Å². The van der Waals surface area contributed by atoms with E-state index in [2.05, 4.69) is 15.3 Å². The van der Waals surface area contributed by atoms with Gasteiger partial charge in [0.2, 0.25) is 0 Å². The first-order chi connectivity index (χ1) is 8.78. The first-order valence-corrected chi connectivity index (χ1v) is 5.84. The Bertz CT molecular complexity index is 710. The molecule has 18 heavy (non-hydrogen) atoms. The van der Waals surface area contributed by atoms with Crippen molar-refractivity contribution in [1.29, 1.82) is 0 Å². The van der Waals surface area contributed by atoms with Crippen molar-refractivity contribution >= 4 is 17.2 Å². The largest absolute Gasteiger partial charge is 0.207 e. The molecule has 0 saturated carbocycles. The van der Waals surface area contributed by atoms with Gasteiger partial charge in [-0.1, -0.05) is 12.1 Å². The Kier molecular flexibility index (Phi) is 2.68. The molecule has 0 aliphatic rings. The fourth-order valence-corrected chi connectivity index (χ4v) is 1.89. The summed E-state index contributed by atoms with van der Waals surface area (Å²) >= 11 is 5.75. The van der Waals surface area contributed by atoms with Gasteiger partial charge in [0.1, 0.15) is 5.82 Å². The molecule has 0 saturated heterocycles. The van der Waals surface area contributed by atoms with E-state index in [1.54, 1.807) is 28.8 Å². The molecule has 0 amide bonds. The number of alkyl halides is 1. The van der Waals surface area contributed by atoms with Crippen molar-refractivity contribution < 1.29 is 4.39 Å². The molecule has 0 atom stereocenters. The predicted molar refractivity (Wildman–Crippen MR) is 65.7 cm³/mol. The van der Waals surface area contributed by atoms with Crippen LogP contribution in [0, 0.1) is 5.82 Å². The normalized spacial score (nSPS) is 11.0. The Balaban J connectivity index is 2.18. The van der Waals surface area contributed by atoms with Crippen LogP contribution in [0.4, 0.5) is 4.39 Å². The van der Waals surface area contributed by atoms with Gasteiger partial charge in [-0.3, -0.25) is 0 Å². The van der Waals surface area contributed by atoms with Crippen molar-refractivity contribution in [1.82, 2.24) is 19.8 Å². The van der Waals surface area contributed by atoms with Crippen molar-refractivity contribution in [2.75, 3.05) is 0 Å². The highest BCUT2D eigenvalue weighted by atomic mass is 35.5. The summed E-state index contributed by atoms with van der Waals surface area (Å²) in [6.45, 7) is 0. The minimum absolute atomic E-state index is 0.223. The third-order valence-corrected chi connectivity index (χ3v) is 2.81. The van der Waals surface area contributed by atoms with E-state index >= 15 is 0 Å². The molecule has 4 nitrogen and oxygen atoms in total. The lowest BCUT2D eigenvalue weighted by Crippen LogP contribution is -1.98. The zero-order valence-electron chi connectivity index (χ0n) is 9.22. The molecule has 1 aromatic carbocycles. The van der Waals surface area contributed by atoms with E-state index in [4.69, 9.17) is 11.6 Å². The minimum atomic E-state index is -0.296. The summed E-state index contributed by atoms with van der Waals surface area (Å²) in [6.07, 6.45) is 0. The monoisotopic (exact) mass is 262 g/mol. The van der Waals surface area contributed by atoms with Crippen LogP contribution in [0.1, 0.15) is 5.82 Å². The summed E-state index contributed by atoms with van der Waals surface area (Å²) in [5.74, 6) is 0.487. The van der Waals surface area contributed by atoms with E-state index in [9.17, 15) is 4.39 Å². The molecule has 2 heterocycles. The van der Waals surface area contributed by atoms with Gasteiger partial charge >= 0.3 is 0 Å². The van der Waals surface area contributed by atoms with E-state index < -0.39 is 0 Å². The Hall–Kier alpha value is -2.01. The molecular formula is C12H8ClFN4. The third-order valence-electron chi connectivity index (χ3n) is 2.57. The molecular weight excluding hydrogens is 255 g/mol. The number of hydrogen-bond donors (Lipinski definition) is 0. The van der Waals surface area contributed by atoms with Gasteiger partial charge in [-0.25, -0.2) is 4.39 Å². The molecule has 0 fully saturated rings. The lowest BCUT2D eigenvalue weighted by Gasteiger charge is -2.02. The van der Waals surface area contributed by atoms with Crippen LogP contribution in [0.25, 0.3) is 16.9 Å². The second kappa shape index (κ2) is 4.34. The highest BCUT2D eigenvalue weighted by molar-refractivity contribution is 6.16. The lowest BCUT2D eigenvalue weighted by molar-refractivity contribution is 0.628. The van der Waals surface area contributed by atoms with Crippen LogP contribution in [0.5, 0.6) is 0 Å². The van der Waals surface area contributed by atoms with Crippen LogP contribution in [0.15, 0.2) is 36.4 Å². The number of nitrogens with zero attached hydrogens (tertiary/aromatic N) is 4.